The van der Waals surface area contributed by atoms with E-state index < -0.39 is 11.6 Å². The highest BCUT2D eigenvalue weighted by Crippen LogP contribution is 2.57. The normalized spacial score (nSPS) is 23.0. The van der Waals surface area contributed by atoms with E-state index in [0.29, 0.717) is 31.9 Å². The van der Waals surface area contributed by atoms with E-state index >= 15 is 0 Å². The van der Waals surface area contributed by atoms with Gasteiger partial charge < -0.3 is 14.5 Å². The fraction of sp³-hybridized carbons (Fsp3) is 0.600. The summed E-state index contributed by atoms with van der Waals surface area (Å²) in [4.78, 5) is 16.4. The summed E-state index contributed by atoms with van der Waals surface area (Å²) in [6.07, 6.45) is -1.55. The summed E-state index contributed by atoms with van der Waals surface area (Å²) in [5.41, 5.74) is -0.610. The molecule has 0 radical (unpaired) electrons. The van der Waals surface area contributed by atoms with Crippen LogP contribution in [0, 0.1) is 5.41 Å². The van der Waals surface area contributed by atoms with Crippen LogP contribution in [0.15, 0.2) is 30.6 Å². The van der Waals surface area contributed by atoms with E-state index in [1.807, 2.05) is 21.9 Å². The fourth-order valence-corrected chi connectivity index (χ4v) is 4.23. The van der Waals surface area contributed by atoms with Crippen LogP contribution in [0.5, 0.6) is 5.75 Å². The van der Waals surface area contributed by atoms with Crippen LogP contribution in [0.4, 0.5) is 18.0 Å². The first kappa shape index (κ1) is 20.1. The zero-order valence-electron chi connectivity index (χ0n) is 16.8. The fourth-order valence-electron chi connectivity index (χ4n) is 4.23. The Hall–Kier alpha value is -2.85. The molecule has 1 saturated carbocycles. The monoisotopic (exact) mass is 436 g/mol. The quantitative estimate of drug-likeness (QED) is 0.721. The number of carbonyl (C=O) groups excluding carboxylic acids is 1. The maximum absolute atomic E-state index is 13.0. The van der Waals surface area contributed by atoms with Gasteiger partial charge in [-0.15, -0.1) is 5.10 Å². The molecule has 31 heavy (non-hydrogen) atoms. The second kappa shape index (κ2) is 7.38. The second-order valence-corrected chi connectivity index (χ2v) is 8.70. The molecular weight excluding hydrogens is 413 g/mol. The Bertz CT molecular complexity index is 923. The Morgan fingerprint density at radius 3 is 2.48 bits per heavy atom. The number of carbonyl (C=O) groups is 1. The number of rotatable bonds is 5. The number of nitrogens with zero attached hydrogens (tertiary/aromatic N) is 6. The minimum atomic E-state index is -4.21. The summed E-state index contributed by atoms with van der Waals surface area (Å²) in [6, 6.07) is 7.30. The van der Waals surface area contributed by atoms with Crippen LogP contribution < -0.4 is 4.74 Å². The number of aromatic nitrogens is 4. The van der Waals surface area contributed by atoms with Crippen molar-refractivity contribution in [2.75, 3.05) is 32.8 Å². The lowest BCUT2D eigenvalue weighted by molar-refractivity contribution is -0.194. The predicted molar refractivity (Wildman–Crippen MR) is 102 cm³/mol. The molecule has 3 fully saturated rings. The number of halogens is 3. The minimum Gasteiger partial charge on any atom is -0.493 e. The molecule has 11 heteroatoms. The van der Waals surface area contributed by atoms with Gasteiger partial charge in [0.25, 0.3) is 0 Å². The standard InChI is InChI=1S/C20H23F3N6O2/c21-20(22,23)19(6-7-19)12-31-17-3-1-14(2-4-17)15-9-28(10-15)18(30)27-8-5-16(11-27)29-13-24-25-26-29/h1-4,13,15-16H,5-12H2/t16-/m0/s1. The van der Waals surface area contributed by atoms with E-state index in [0.717, 1.165) is 12.0 Å². The van der Waals surface area contributed by atoms with E-state index in [1.165, 1.54) is 0 Å². The Morgan fingerprint density at radius 1 is 1.13 bits per heavy atom. The van der Waals surface area contributed by atoms with Crippen molar-refractivity contribution in [3.63, 3.8) is 0 Å². The van der Waals surface area contributed by atoms with Crippen LogP contribution in [0.2, 0.25) is 0 Å². The summed E-state index contributed by atoms with van der Waals surface area (Å²) < 4.78 is 46.1. The van der Waals surface area contributed by atoms with E-state index in [2.05, 4.69) is 15.5 Å². The molecule has 2 amide bonds. The van der Waals surface area contributed by atoms with Crippen molar-refractivity contribution < 1.29 is 22.7 Å². The van der Waals surface area contributed by atoms with Gasteiger partial charge in [-0.25, -0.2) is 9.48 Å². The van der Waals surface area contributed by atoms with Gasteiger partial charge in [0.05, 0.1) is 6.04 Å². The Labute approximate surface area is 176 Å². The molecule has 0 unspecified atom stereocenters. The smallest absolute Gasteiger partial charge is 0.397 e. The molecule has 1 aromatic carbocycles. The number of hydrogen-bond donors (Lipinski definition) is 0. The van der Waals surface area contributed by atoms with E-state index in [1.54, 1.807) is 23.1 Å². The van der Waals surface area contributed by atoms with Crippen LogP contribution in [-0.4, -0.2) is 75.0 Å². The van der Waals surface area contributed by atoms with Gasteiger partial charge >= 0.3 is 12.2 Å². The van der Waals surface area contributed by atoms with Gasteiger partial charge in [-0.05, 0) is 47.4 Å². The lowest BCUT2D eigenvalue weighted by Gasteiger charge is -2.41. The van der Waals surface area contributed by atoms with Gasteiger partial charge in [-0.1, -0.05) is 12.1 Å². The third kappa shape index (κ3) is 3.81. The number of urea groups is 1. The molecule has 3 heterocycles. The first-order valence-electron chi connectivity index (χ1n) is 10.4. The SMILES string of the molecule is O=C(N1CC(c2ccc(OCC3(C(F)(F)F)CC3)cc2)C1)N1CC[C@H](n2cnnn2)C1. The number of hydrogen-bond acceptors (Lipinski definition) is 5. The number of tetrazole rings is 1. The van der Waals surface area contributed by atoms with E-state index in [-0.39, 0.29) is 37.4 Å². The van der Waals surface area contributed by atoms with Crippen LogP contribution in [0.25, 0.3) is 0 Å². The van der Waals surface area contributed by atoms with Gasteiger partial charge in [0, 0.05) is 32.1 Å². The first-order valence-corrected chi connectivity index (χ1v) is 10.4. The molecule has 2 aromatic rings. The molecule has 0 spiro atoms. The van der Waals surface area contributed by atoms with Crippen LogP contribution in [0.3, 0.4) is 0 Å². The van der Waals surface area contributed by atoms with Gasteiger partial charge in [-0.3, -0.25) is 0 Å². The number of benzene rings is 1. The summed E-state index contributed by atoms with van der Waals surface area (Å²) in [5, 5.41) is 11.2. The van der Waals surface area contributed by atoms with Crippen molar-refractivity contribution in [1.29, 1.82) is 0 Å². The van der Waals surface area contributed by atoms with Crippen LogP contribution in [0.1, 0.15) is 36.8 Å². The largest absolute Gasteiger partial charge is 0.493 e. The van der Waals surface area contributed by atoms with Crippen molar-refractivity contribution >= 4 is 6.03 Å². The molecule has 0 N–H and O–H groups in total. The Morgan fingerprint density at radius 2 is 1.87 bits per heavy atom. The minimum absolute atomic E-state index is 0.0219. The molecular formula is C20H23F3N6O2. The third-order valence-electron chi connectivity index (χ3n) is 6.65. The van der Waals surface area contributed by atoms with Gasteiger partial charge in [0.15, 0.2) is 0 Å². The van der Waals surface area contributed by atoms with Gasteiger partial charge in [-0.2, -0.15) is 13.2 Å². The van der Waals surface area contributed by atoms with Crippen LogP contribution >= 0.6 is 0 Å². The Balaban J connectivity index is 1.10. The number of amides is 2. The van der Waals surface area contributed by atoms with Crippen molar-refractivity contribution in [3.05, 3.63) is 36.2 Å². The van der Waals surface area contributed by atoms with E-state index in [9.17, 15) is 18.0 Å². The highest BCUT2D eigenvalue weighted by atomic mass is 19.4. The lowest BCUT2D eigenvalue weighted by atomic mass is 9.92. The van der Waals surface area contributed by atoms with Crippen molar-refractivity contribution in [3.8, 4) is 5.75 Å². The Kier molecular flexibility index (Phi) is 4.78. The number of alkyl halides is 3. The number of likely N-dealkylation sites (tertiary alicyclic amines) is 2. The summed E-state index contributed by atoms with van der Waals surface area (Å²) in [7, 11) is 0. The second-order valence-electron chi connectivity index (χ2n) is 8.70. The van der Waals surface area contributed by atoms with Gasteiger partial charge in [0.1, 0.15) is 24.1 Å². The molecule has 1 atom stereocenters. The highest BCUT2D eigenvalue weighted by Gasteiger charge is 2.63. The molecule has 3 aliphatic rings. The zero-order valence-corrected chi connectivity index (χ0v) is 16.8. The predicted octanol–water partition coefficient (Wildman–Crippen LogP) is 2.86. The summed E-state index contributed by atoms with van der Waals surface area (Å²) >= 11 is 0. The zero-order chi connectivity index (χ0) is 21.6. The van der Waals surface area contributed by atoms with Crippen molar-refractivity contribution in [2.24, 2.45) is 5.41 Å². The van der Waals surface area contributed by atoms with Crippen molar-refractivity contribution in [1.82, 2.24) is 30.0 Å². The molecule has 0 bridgehead atoms. The topological polar surface area (TPSA) is 76.4 Å². The molecule has 8 nitrogen and oxygen atoms in total. The highest BCUT2D eigenvalue weighted by molar-refractivity contribution is 5.76. The van der Waals surface area contributed by atoms with Crippen molar-refractivity contribution in [2.45, 2.75) is 37.4 Å². The third-order valence-corrected chi connectivity index (χ3v) is 6.65. The molecule has 1 aromatic heterocycles. The molecule has 166 valence electrons. The van der Waals surface area contributed by atoms with Crippen LogP contribution in [-0.2, 0) is 0 Å². The average Bonchev–Trinajstić information content (AvgIpc) is 3.12. The summed E-state index contributed by atoms with van der Waals surface area (Å²) in [6.45, 7) is 2.19. The maximum atomic E-state index is 13.0. The summed E-state index contributed by atoms with van der Waals surface area (Å²) in [5.74, 6) is 0.665. The lowest BCUT2D eigenvalue weighted by Crippen LogP contribution is -2.53. The molecule has 2 saturated heterocycles. The molecule has 5 rings (SSSR count). The maximum Gasteiger partial charge on any atom is 0.397 e. The van der Waals surface area contributed by atoms with Gasteiger partial charge in [0.2, 0.25) is 0 Å². The average molecular weight is 436 g/mol. The van der Waals surface area contributed by atoms with E-state index in [4.69, 9.17) is 4.74 Å². The first-order chi connectivity index (χ1) is 14.8. The molecule has 2 aliphatic heterocycles. The molecule has 1 aliphatic carbocycles. The number of ether oxygens (including phenoxy) is 1.